The molecule has 3 atom stereocenters. The van der Waals surface area contributed by atoms with E-state index in [2.05, 4.69) is 35.8 Å². The Bertz CT molecular complexity index is 1380. The molecule has 0 fully saturated rings. The predicted octanol–water partition coefficient (Wildman–Crippen LogP) is 6.72. The van der Waals surface area contributed by atoms with Crippen LogP contribution in [-0.4, -0.2) is 35.5 Å². The maximum absolute atomic E-state index is 13.2. The molecule has 37 heavy (non-hydrogen) atoms. The number of aliphatic hydroxyl groups is 1. The molecule has 5 rings (SSSR count). The standard InChI is InChI=1S/C29H30N2O4S2/c1-3-34-29-22(5-4-13-32)23(20-12-14-36-17-20)16-25(35-29)27(33)30-21-9-7-19(8-10-21)28-31-24-11-6-18(2)15-26(24)37-28/h6-12,14-17,22-23,29,32H,3-5,13H2,1-2H3,(H,30,33)/t22-,23-,29-/m1/s1. The molecule has 0 saturated heterocycles. The topological polar surface area (TPSA) is 80.7 Å². The number of nitrogens with zero attached hydrogens (tertiary/aromatic N) is 1. The van der Waals surface area contributed by atoms with E-state index in [1.807, 2.05) is 48.7 Å². The number of ether oxygens (including phenoxy) is 2. The first-order valence-corrected chi connectivity index (χ1v) is 14.2. The summed E-state index contributed by atoms with van der Waals surface area (Å²) in [5, 5.41) is 17.5. The van der Waals surface area contributed by atoms with E-state index in [1.165, 1.54) is 5.56 Å². The van der Waals surface area contributed by atoms with E-state index in [0.29, 0.717) is 18.7 Å². The molecule has 2 aromatic heterocycles. The Balaban J connectivity index is 1.35. The lowest BCUT2D eigenvalue weighted by Gasteiger charge is -2.36. The van der Waals surface area contributed by atoms with Crippen molar-refractivity contribution in [1.82, 2.24) is 4.98 Å². The number of hydrogen-bond donors (Lipinski definition) is 2. The Morgan fingerprint density at radius 2 is 2.03 bits per heavy atom. The molecule has 0 saturated carbocycles. The van der Waals surface area contributed by atoms with Crippen LogP contribution in [0.2, 0.25) is 0 Å². The molecule has 1 aliphatic rings. The molecule has 0 radical (unpaired) electrons. The summed E-state index contributed by atoms with van der Waals surface area (Å²) in [7, 11) is 0. The number of amides is 1. The van der Waals surface area contributed by atoms with Crippen molar-refractivity contribution in [2.45, 2.75) is 38.9 Å². The van der Waals surface area contributed by atoms with E-state index in [1.54, 1.807) is 22.7 Å². The number of aryl methyl sites for hydroxylation is 1. The van der Waals surface area contributed by atoms with Crippen LogP contribution in [0.5, 0.6) is 0 Å². The van der Waals surface area contributed by atoms with Gasteiger partial charge < -0.3 is 19.9 Å². The second-order valence-electron chi connectivity index (χ2n) is 9.11. The van der Waals surface area contributed by atoms with E-state index in [4.69, 9.17) is 14.5 Å². The van der Waals surface area contributed by atoms with Crippen LogP contribution in [-0.2, 0) is 14.3 Å². The summed E-state index contributed by atoms with van der Waals surface area (Å²) in [6.45, 7) is 4.57. The average molecular weight is 535 g/mol. The zero-order valence-corrected chi connectivity index (χ0v) is 22.5. The molecule has 0 unspecified atom stereocenters. The van der Waals surface area contributed by atoms with Crippen LogP contribution < -0.4 is 5.32 Å². The number of anilines is 1. The number of benzene rings is 2. The summed E-state index contributed by atoms with van der Waals surface area (Å²) in [5.74, 6) is -0.0849. The highest BCUT2D eigenvalue weighted by Gasteiger charge is 2.38. The minimum atomic E-state index is -0.558. The van der Waals surface area contributed by atoms with Gasteiger partial charge in [0.1, 0.15) is 5.01 Å². The van der Waals surface area contributed by atoms with Crippen LogP contribution in [0, 0.1) is 12.8 Å². The highest BCUT2D eigenvalue weighted by atomic mass is 32.1. The van der Waals surface area contributed by atoms with Gasteiger partial charge >= 0.3 is 0 Å². The zero-order chi connectivity index (χ0) is 25.8. The lowest BCUT2D eigenvalue weighted by atomic mass is 9.81. The number of thiophene rings is 1. The summed E-state index contributed by atoms with van der Waals surface area (Å²) in [6, 6.07) is 16.0. The molecule has 0 aliphatic carbocycles. The summed E-state index contributed by atoms with van der Waals surface area (Å²) in [6.07, 6.45) is 2.72. The van der Waals surface area contributed by atoms with Crippen LogP contribution in [0.15, 0.2) is 71.1 Å². The van der Waals surface area contributed by atoms with E-state index < -0.39 is 6.29 Å². The average Bonchev–Trinajstić information content (AvgIpc) is 3.58. The van der Waals surface area contributed by atoms with Gasteiger partial charge in [0, 0.05) is 36.3 Å². The highest BCUT2D eigenvalue weighted by Crippen LogP contribution is 2.40. The number of fused-ring (bicyclic) bond motifs is 1. The molecule has 1 aliphatic heterocycles. The molecule has 8 heteroatoms. The van der Waals surface area contributed by atoms with Gasteiger partial charge in [-0.05, 0) is 97.1 Å². The number of carbonyl (C=O) groups is 1. The number of aliphatic hydroxyl groups excluding tert-OH is 1. The fourth-order valence-corrected chi connectivity index (χ4v) is 6.43. The Hall–Kier alpha value is -3.04. The summed E-state index contributed by atoms with van der Waals surface area (Å²) >= 11 is 3.28. The van der Waals surface area contributed by atoms with E-state index in [9.17, 15) is 9.90 Å². The monoisotopic (exact) mass is 534 g/mol. The number of aromatic nitrogens is 1. The first-order chi connectivity index (χ1) is 18.1. The Labute approximate surface area is 224 Å². The quantitative estimate of drug-likeness (QED) is 0.249. The number of rotatable bonds is 9. The third-order valence-electron chi connectivity index (χ3n) is 6.50. The van der Waals surface area contributed by atoms with Gasteiger partial charge in [-0.1, -0.05) is 6.07 Å². The first kappa shape index (κ1) is 25.6. The maximum atomic E-state index is 13.2. The normalized spacial score (nSPS) is 19.4. The van der Waals surface area contributed by atoms with Gasteiger partial charge in [-0.2, -0.15) is 11.3 Å². The lowest BCUT2D eigenvalue weighted by Crippen LogP contribution is -2.37. The van der Waals surface area contributed by atoms with Crippen molar-refractivity contribution in [1.29, 1.82) is 0 Å². The van der Waals surface area contributed by atoms with Gasteiger partial charge in [0.25, 0.3) is 5.91 Å². The van der Waals surface area contributed by atoms with Gasteiger partial charge in [-0.3, -0.25) is 4.79 Å². The molecule has 2 N–H and O–H groups in total. The lowest BCUT2D eigenvalue weighted by molar-refractivity contribution is -0.164. The van der Waals surface area contributed by atoms with E-state index in [-0.39, 0.29) is 30.1 Å². The Morgan fingerprint density at radius 3 is 2.76 bits per heavy atom. The number of thiazole rings is 1. The van der Waals surface area contributed by atoms with Gasteiger partial charge in [0.05, 0.1) is 10.2 Å². The van der Waals surface area contributed by atoms with Crippen molar-refractivity contribution >= 4 is 44.5 Å². The summed E-state index contributed by atoms with van der Waals surface area (Å²) in [4.78, 5) is 18.0. The largest absolute Gasteiger partial charge is 0.459 e. The second kappa shape index (κ2) is 11.6. The highest BCUT2D eigenvalue weighted by molar-refractivity contribution is 7.21. The zero-order valence-electron chi connectivity index (χ0n) is 20.8. The van der Waals surface area contributed by atoms with Crippen molar-refractivity contribution in [3.8, 4) is 10.6 Å². The number of carbonyl (C=O) groups excluding carboxylic acids is 1. The second-order valence-corrected chi connectivity index (χ2v) is 10.9. The molecule has 1 amide bonds. The van der Waals surface area contributed by atoms with Crippen molar-refractivity contribution < 1.29 is 19.4 Å². The van der Waals surface area contributed by atoms with Crippen LogP contribution in [0.4, 0.5) is 5.69 Å². The van der Waals surface area contributed by atoms with Crippen LogP contribution in [0.3, 0.4) is 0 Å². The maximum Gasteiger partial charge on any atom is 0.290 e. The van der Waals surface area contributed by atoms with Crippen LogP contribution >= 0.6 is 22.7 Å². The van der Waals surface area contributed by atoms with Crippen molar-refractivity contribution in [2.75, 3.05) is 18.5 Å². The molecule has 0 bridgehead atoms. The molecular weight excluding hydrogens is 504 g/mol. The minimum absolute atomic E-state index is 0.00938. The SMILES string of the molecule is CCO[C@@H]1OC(C(=O)Nc2ccc(-c3nc4ccc(C)cc4s3)cc2)=C[C@H](c2ccsc2)[C@H]1CCCO. The third-order valence-corrected chi connectivity index (χ3v) is 8.27. The number of allylic oxidation sites excluding steroid dienone is 1. The molecule has 4 aromatic rings. The summed E-state index contributed by atoms with van der Waals surface area (Å²) < 4.78 is 13.2. The smallest absolute Gasteiger partial charge is 0.290 e. The van der Waals surface area contributed by atoms with E-state index in [0.717, 1.165) is 32.8 Å². The molecule has 6 nitrogen and oxygen atoms in total. The molecule has 192 valence electrons. The summed E-state index contributed by atoms with van der Waals surface area (Å²) in [5.41, 5.74) is 5.02. The fourth-order valence-electron chi connectivity index (χ4n) is 4.65. The Morgan fingerprint density at radius 1 is 1.19 bits per heavy atom. The molecule has 2 aromatic carbocycles. The van der Waals surface area contributed by atoms with Gasteiger partial charge in [-0.25, -0.2) is 4.98 Å². The van der Waals surface area contributed by atoms with Crippen LogP contribution in [0.1, 0.15) is 36.8 Å². The fraction of sp³-hybridized carbons (Fsp3) is 0.310. The van der Waals surface area contributed by atoms with Crippen molar-refractivity contribution in [3.63, 3.8) is 0 Å². The number of hydrogen-bond acceptors (Lipinski definition) is 7. The number of nitrogens with one attached hydrogen (secondary N) is 1. The van der Waals surface area contributed by atoms with Crippen LogP contribution in [0.25, 0.3) is 20.8 Å². The third kappa shape index (κ3) is 5.78. The van der Waals surface area contributed by atoms with Gasteiger partial charge in [0.15, 0.2) is 5.76 Å². The van der Waals surface area contributed by atoms with Crippen molar-refractivity contribution in [2.24, 2.45) is 5.92 Å². The van der Waals surface area contributed by atoms with Crippen molar-refractivity contribution in [3.05, 3.63) is 82.3 Å². The molecule has 3 heterocycles. The van der Waals surface area contributed by atoms with Gasteiger partial charge in [-0.15, -0.1) is 11.3 Å². The predicted molar refractivity (Wildman–Crippen MR) is 150 cm³/mol. The first-order valence-electron chi connectivity index (χ1n) is 12.5. The van der Waals surface area contributed by atoms with Gasteiger partial charge in [0.2, 0.25) is 6.29 Å². The van der Waals surface area contributed by atoms with E-state index >= 15 is 0 Å². The minimum Gasteiger partial charge on any atom is -0.459 e. The molecule has 0 spiro atoms. The Kier molecular flexibility index (Phi) is 8.00. The molecular formula is C29H30N2O4S2.